The second-order valence-electron chi connectivity index (χ2n) is 15.2. The van der Waals surface area contributed by atoms with Crippen LogP contribution in [0.3, 0.4) is 0 Å². The molecule has 53 heavy (non-hydrogen) atoms. The molecule has 1 saturated carbocycles. The molecule has 4 amide bonds. The molecule has 3 saturated heterocycles. The number of carbonyl (C=O) groups is 3. The summed E-state index contributed by atoms with van der Waals surface area (Å²) in [7, 11) is 3.59. The van der Waals surface area contributed by atoms with Crippen LogP contribution in [0, 0.1) is 5.92 Å². The highest BCUT2D eigenvalue weighted by molar-refractivity contribution is 6.05. The van der Waals surface area contributed by atoms with E-state index in [0.29, 0.717) is 30.5 Å². The average molecular weight is 719 g/mol. The molecule has 0 radical (unpaired) electrons. The second kappa shape index (κ2) is 15.1. The zero-order valence-corrected chi connectivity index (χ0v) is 30.8. The lowest BCUT2D eigenvalue weighted by atomic mass is 9.95. The topological polar surface area (TPSA) is 122 Å². The molecule has 0 atom stereocenters. The zero-order valence-electron chi connectivity index (χ0n) is 30.8. The van der Waals surface area contributed by atoms with Crippen LogP contribution in [0.25, 0.3) is 11.0 Å². The van der Waals surface area contributed by atoms with Crippen LogP contribution in [-0.2, 0) is 4.79 Å². The number of imide groups is 1. The van der Waals surface area contributed by atoms with Gasteiger partial charge >= 0.3 is 6.03 Å². The van der Waals surface area contributed by atoms with Gasteiger partial charge in [-0.25, -0.2) is 9.78 Å². The molecule has 1 aliphatic carbocycles. The minimum absolute atomic E-state index is 0.00611. The van der Waals surface area contributed by atoms with Gasteiger partial charge in [0, 0.05) is 113 Å². The first kappa shape index (κ1) is 34.9. The Morgan fingerprint density at radius 1 is 0.849 bits per heavy atom. The molecule has 3 aliphatic heterocycles. The number of urea groups is 1. The molecular weight excluding hydrogens is 669 g/mol. The van der Waals surface area contributed by atoms with Crippen molar-refractivity contribution in [3.63, 3.8) is 0 Å². The Kier molecular flexibility index (Phi) is 9.91. The van der Waals surface area contributed by atoms with Crippen LogP contribution in [0.5, 0.6) is 0 Å². The number of benzene rings is 2. The number of hydrogen-bond donors (Lipinski definition) is 2. The Hall–Kier alpha value is -5.17. The molecule has 5 heterocycles. The van der Waals surface area contributed by atoms with E-state index in [1.54, 1.807) is 23.9 Å². The maximum absolute atomic E-state index is 13.1. The van der Waals surface area contributed by atoms with E-state index in [1.807, 2.05) is 24.4 Å². The fraction of sp³-hybridized carbons (Fsp3) is 0.475. The molecule has 4 fully saturated rings. The summed E-state index contributed by atoms with van der Waals surface area (Å²) in [6, 6.07) is 18.5. The van der Waals surface area contributed by atoms with Crippen molar-refractivity contribution in [2.75, 3.05) is 86.5 Å². The van der Waals surface area contributed by atoms with Crippen molar-refractivity contribution in [3.8, 4) is 0 Å². The zero-order chi connectivity index (χ0) is 36.5. The summed E-state index contributed by atoms with van der Waals surface area (Å²) in [6.07, 6.45) is 8.91. The number of carbonyl (C=O) groups excluding carboxylic acids is 3. The number of anilines is 5. The SMILES string of the molecule is CN(C)C(=O)c1cc2cnc(Nc3ccc(N4CCN(CC5CCN(c6cccc(N7CCC(=O)NC7=O)c6)CC5)CC4)cc3)nc2n1C1CCCC1. The normalized spacial score (nSPS) is 19.2. The minimum Gasteiger partial charge on any atom is -0.371 e. The first-order valence-electron chi connectivity index (χ1n) is 19.2. The number of rotatable bonds is 9. The predicted octanol–water partition coefficient (Wildman–Crippen LogP) is 5.48. The Balaban J connectivity index is 0.826. The first-order chi connectivity index (χ1) is 25.8. The van der Waals surface area contributed by atoms with E-state index in [4.69, 9.17) is 4.98 Å². The van der Waals surface area contributed by atoms with E-state index in [2.05, 4.69) is 71.3 Å². The summed E-state index contributed by atoms with van der Waals surface area (Å²) >= 11 is 0. The van der Waals surface area contributed by atoms with Crippen LogP contribution in [0.2, 0.25) is 0 Å². The van der Waals surface area contributed by atoms with E-state index >= 15 is 0 Å². The summed E-state index contributed by atoms with van der Waals surface area (Å²) in [4.78, 5) is 57.3. The van der Waals surface area contributed by atoms with Crippen LogP contribution in [0.4, 0.5) is 33.5 Å². The van der Waals surface area contributed by atoms with Gasteiger partial charge < -0.3 is 24.6 Å². The molecule has 278 valence electrons. The summed E-state index contributed by atoms with van der Waals surface area (Å²) < 4.78 is 2.15. The number of fused-ring (bicyclic) bond motifs is 1. The number of amides is 4. The maximum Gasteiger partial charge on any atom is 0.328 e. The van der Waals surface area contributed by atoms with E-state index in [9.17, 15) is 14.4 Å². The third-order valence-corrected chi connectivity index (χ3v) is 11.4. The van der Waals surface area contributed by atoms with Gasteiger partial charge in [0.15, 0.2) is 0 Å². The van der Waals surface area contributed by atoms with Gasteiger partial charge in [-0.05, 0) is 80.1 Å². The van der Waals surface area contributed by atoms with Crippen molar-refractivity contribution in [3.05, 3.63) is 66.5 Å². The van der Waals surface area contributed by atoms with Gasteiger partial charge in [0.05, 0.1) is 0 Å². The third-order valence-electron chi connectivity index (χ3n) is 11.4. The summed E-state index contributed by atoms with van der Waals surface area (Å²) in [6.45, 7) is 7.65. The van der Waals surface area contributed by atoms with Crippen molar-refractivity contribution in [1.29, 1.82) is 0 Å². The summed E-state index contributed by atoms with van der Waals surface area (Å²) in [5.41, 5.74) is 5.62. The highest BCUT2D eigenvalue weighted by Gasteiger charge is 2.28. The predicted molar refractivity (Wildman–Crippen MR) is 208 cm³/mol. The fourth-order valence-corrected chi connectivity index (χ4v) is 8.47. The van der Waals surface area contributed by atoms with Gasteiger partial charge in [0.1, 0.15) is 11.3 Å². The monoisotopic (exact) mass is 718 g/mol. The fourth-order valence-electron chi connectivity index (χ4n) is 8.47. The molecule has 4 aliphatic rings. The van der Waals surface area contributed by atoms with Gasteiger partial charge in [-0.1, -0.05) is 18.9 Å². The Labute approximate surface area is 310 Å². The number of aromatic nitrogens is 3. The number of nitrogens with zero attached hydrogens (tertiary/aromatic N) is 8. The lowest BCUT2D eigenvalue weighted by molar-refractivity contribution is -0.120. The quantitative estimate of drug-likeness (QED) is 0.232. The van der Waals surface area contributed by atoms with Crippen LogP contribution in [0.15, 0.2) is 60.8 Å². The van der Waals surface area contributed by atoms with Gasteiger partial charge in [0.25, 0.3) is 5.91 Å². The standard InChI is InChI=1S/C40H50N10O3/c1-45(2)38(52)35-24-29-26-41-39(44-37(29)50(35)32-6-3-4-7-32)42-30-10-12-31(13-11-30)48-22-20-46(21-23-48)27-28-14-17-47(18-15-28)33-8-5-9-34(25-33)49-19-16-36(51)43-40(49)53/h5,8-13,24-26,28,32H,3-4,6-7,14-23,27H2,1-2H3,(H,41,42,44)(H,43,51,53). The highest BCUT2D eigenvalue weighted by Crippen LogP contribution is 2.35. The number of nitrogens with one attached hydrogen (secondary N) is 2. The van der Waals surface area contributed by atoms with Gasteiger partial charge in [-0.15, -0.1) is 0 Å². The largest absolute Gasteiger partial charge is 0.371 e. The lowest BCUT2D eigenvalue weighted by Gasteiger charge is -2.40. The van der Waals surface area contributed by atoms with Crippen molar-refractivity contribution in [2.45, 2.75) is 51.0 Å². The molecule has 13 nitrogen and oxygen atoms in total. The van der Waals surface area contributed by atoms with Crippen LogP contribution < -0.4 is 25.3 Å². The van der Waals surface area contributed by atoms with Crippen molar-refractivity contribution in [2.24, 2.45) is 5.92 Å². The maximum atomic E-state index is 13.1. The Morgan fingerprint density at radius 3 is 2.28 bits per heavy atom. The molecule has 2 aromatic carbocycles. The van der Waals surface area contributed by atoms with E-state index in [1.165, 1.54) is 18.5 Å². The van der Waals surface area contributed by atoms with Gasteiger partial charge in [-0.2, -0.15) is 4.98 Å². The van der Waals surface area contributed by atoms with Gasteiger partial charge in [-0.3, -0.25) is 24.7 Å². The van der Waals surface area contributed by atoms with Crippen LogP contribution in [-0.4, -0.2) is 109 Å². The van der Waals surface area contributed by atoms with E-state index < -0.39 is 0 Å². The molecule has 0 unspecified atom stereocenters. The van der Waals surface area contributed by atoms with Gasteiger partial charge in [0.2, 0.25) is 11.9 Å². The molecule has 0 bridgehead atoms. The lowest BCUT2D eigenvalue weighted by Crippen LogP contribution is -2.49. The number of piperazine rings is 1. The van der Waals surface area contributed by atoms with Crippen molar-refractivity contribution < 1.29 is 14.4 Å². The van der Waals surface area contributed by atoms with E-state index in [-0.39, 0.29) is 23.9 Å². The number of piperidine rings is 1. The van der Waals surface area contributed by atoms with Crippen LogP contribution in [0.1, 0.15) is 61.5 Å². The van der Waals surface area contributed by atoms with Crippen molar-refractivity contribution in [1.82, 2.24) is 29.7 Å². The summed E-state index contributed by atoms with van der Waals surface area (Å²) in [5, 5.41) is 6.71. The Morgan fingerprint density at radius 2 is 1.57 bits per heavy atom. The highest BCUT2D eigenvalue weighted by atomic mass is 16.2. The molecular formula is C40H50N10O3. The second-order valence-corrected chi connectivity index (χ2v) is 15.2. The third kappa shape index (κ3) is 7.53. The first-order valence-corrected chi connectivity index (χ1v) is 19.2. The molecule has 13 heteroatoms. The molecule has 4 aromatic rings. The minimum atomic E-state index is -0.341. The average Bonchev–Trinajstić information content (AvgIpc) is 3.84. The molecule has 0 spiro atoms. The molecule has 2 aromatic heterocycles. The summed E-state index contributed by atoms with van der Waals surface area (Å²) in [5.74, 6) is 0.987. The number of hydrogen-bond acceptors (Lipinski definition) is 9. The Bertz CT molecular complexity index is 1950. The molecule has 2 N–H and O–H groups in total. The smallest absolute Gasteiger partial charge is 0.328 e. The molecule has 8 rings (SSSR count). The van der Waals surface area contributed by atoms with Crippen LogP contribution >= 0.6 is 0 Å². The van der Waals surface area contributed by atoms with E-state index in [0.717, 1.165) is 99.6 Å². The van der Waals surface area contributed by atoms with Crippen molar-refractivity contribution >= 4 is 57.6 Å².